The van der Waals surface area contributed by atoms with Gasteiger partial charge in [-0.1, -0.05) is 135 Å². The maximum absolute atomic E-state index is 13.2. The SMILES string of the molecule is CC(COC(=O)c1c(Cl)c(Cl)cc(Cl)c1OC(=O)C(=O)Oc1c(Cl)cc(Cl)c(Cl)c1C(=O)OCC(C)C1CCCC1)C1CCCC1. The highest BCUT2D eigenvalue weighted by Crippen LogP contribution is 2.42. The number of hydrogen-bond donors (Lipinski definition) is 0. The van der Waals surface area contributed by atoms with Crippen LogP contribution in [0.15, 0.2) is 12.1 Å². The monoisotopic (exact) mass is 754 g/mol. The number of benzene rings is 2. The number of rotatable bonds is 10. The summed E-state index contributed by atoms with van der Waals surface area (Å²) in [7, 11) is 0. The fourth-order valence-electron chi connectivity index (χ4n) is 5.87. The lowest BCUT2D eigenvalue weighted by Gasteiger charge is -2.20. The average molecular weight is 757 g/mol. The lowest BCUT2D eigenvalue weighted by Crippen LogP contribution is -2.28. The predicted octanol–water partition coefficient (Wildman–Crippen LogP) is 10.1. The smallest absolute Gasteiger partial charge is 0.423 e. The summed E-state index contributed by atoms with van der Waals surface area (Å²) < 4.78 is 21.4. The molecule has 0 N–H and O–H groups in total. The summed E-state index contributed by atoms with van der Waals surface area (Å²) >= 11 is 37.4. The van der Waals surface area contributed by atoms with Gasteiger partial charge in [-0.2, -0.15) is 0 Å². The van der Waals surface area contributed by atoms with Crippen LogP contribution in [0, 0.1) is 23.7 Å². The summed E-state index contributed by atoms with van der Waals surface area (Å²) in [5, 5.41) is -1.44. The lowest BCUT2D eigenvalue weighted by atomic mass is 9.93. The van der Waals surface area contributed by atoms with E-state index < -0.39 is 46.5 Å². The number of hydrogen-bond acceptors (Lipinski definition) is 8. The first-order chi connectivity index (χ1) is 21.8. The van der Waals surface area contributed by atoms with Crippen molar-refractivity contribution in [1.29, 1.82) is 0 Å². The van der Waals surface area contributed by atoms with Crippen molar-refractivity contribution in [2.75, 3.05) is 13.2 Å². The highest BCUT2D eigenvalue weighted by molar-refractivity contribution is 6.47. The van der Waals surface area contributed by atoms with Gasteiger partial charge < -0.3 is 18.9 Å². The van der Waals surface area contributed by atoms with Crippen molar-refractivity contribution >= 4 is 93.5 Å². The van der Waals surface area contributed by atoms with Crippen LogP contribution in [0.5, 0.6) is 11.5 Å². The second-order valence-electron chi connectivity index (χ2n) is 11.7. The Kier molecular flexibility index (Phi) is 13.2. The van der Waals surface area contributed by atoms with Gasteiger partial charge >= 0.3 is 23.9 Å². The first-order valence-corrected chi connectivity index (χ1v) is 17.2. The van der Waals surface area contributed by atoms with E-state index in [0.717, 1.165) is 63.5 Å². The normalized spacial score (nSPS) is 16.6. The zero-order valence-electron chi connectivity index (χ0n) is 25.1. The van der Waals surface area contributed by atoms with E-state index in [1.54, 1.807) is 0 Å². The summed E-state index contributed by atoms with van der Waals surface area (Å²) in [5.74, 6) is -5.37. The second-order valence-corrected chi connectivity index (χ2v) is 14.1. The van der Waals surface area contributed by atoms with Gasteiger partial charge in [-0.3, -0.25) is 0 Å². The van der Waals surface area contributed by atoms with Crippen molar-refractivity contribution in [3.05, 3.63) is 53.4 Å². The Morgan fingerprint density at radius 1 is 0.609 bits per heavy atom. The lowest BCUT2D eigenvalue weighted by molar-refractivity contribution is -0.156. The molecule has 14 heteroatoms. The van der Waals surface area contributed by atoms with Gasteiger partial charge in [-0.05, 0) is 35.8 Å². The molecule has 8 nitrogen and oxygen atoms in total. The molecule has 0 radical (unpaired) electrons. The third-order valence-electron chi connectivity index (χ3n) is 8.58. The Morgan fingerprint density at radius 3 is 1.26 bits per heavy atom. The molecule has 0 amide bonds. The molecule has 2 unspecified atom stereocenters. The number of carbonyl (C=O) groups is 4. The van der Waals surface area contributed by atoms with Crippen LogP contribution in [-0.2, 0) is 19.1 Å². The van der Waals surface area contributed by atoms with Gasteiger partial charge in [0, 0.05) is 0 Å². The van der Waals surface area contributed by atoms with Crippen molar-refractivity contribution < 1.29 is 38.1 Å². The Hall–Kier alpha value is -1.94. The van der Waals surface area contributed by atoms with Crippen molar-refractivity contribution in [3.63, 3.8) is 0 Å². The van der Waals surface area contributed by atoms with E-state index in [2.05, 4.69) is 0 Å². The van der Waals surface area contributed by atoms with Gasteiger partial charge in [0.15, 0.2) is 11.5 Å². The van der Waals surface area contributed by atoms with E-state index in [4.69, 9.17) is 88.6 Å². The molecule has 2 fully saturated rings. The fourth-order valence-corrected chi connectivity index (χ4v) is 7.31. The molecule has 0 aromatic heterocycles. The molecule has 0 saturated heterocycles. The van der Waals surface area contributed by atoms with Crippen LogP contribution < -0.4 is 9.47 Å². The van der Waals surface area contributed by atoms with Gasteiger partial charge in [0.25, 0.3) is 0 Å². The molecule has 0 aliphatic heterocycles. The average Bonchev–Trinajstić information content (AvgIpc) is 3.75. The summed E-state index contributed by atoms with van der Waals surface area (Å²) in [5.41, 5.74) is -0.903. The molecular formula is C32H32Cl6O8. The van der Waals surface area contributed by atoms with Gasteiger partial charge in [-0.15, -0.1) is 0 Å². The van der Waals surface area contributed by atoms with E-state index in [1.165, 1.54) is 0 Å². The minimum atomic E-state index is -1.63. The number of ether oxygens (including phenoxy) is 4. The maximum atomic E-state index is 13.2. The number of carbonyl (C=O) groups excluding carboxylic acids is 4. The van der Waals surface area contributed by atoms with E-state index >= 15 is 0 Å². The van der Waals surface area contributed by atoms with Crippen LogP contribution in [0.2, 0.25) is 30.1 Å². The molecule has 2 aromatic rings. The Bertz CT molecular complexity index is 1390. The second kappa shape index (κ2) is 16.4. The topological polar surface area (TPSA) is 105 Å². The summed E-state index contributed by atoms with van der Waals surface area (Å²) in [6.45, 7) is 4.10. The maximum Gasteiger partial charge on any atom is 0.423 e. The van der Waals surface area contributed by atoms with Crippen molar-refractivity contribution in [2.24, 2.45) is 23.7 Å². The zero-order valence-corrected chi connectivity index (χ0v) is 29.6. The van der Waals surface area contributed by atoms with Crippen LogP contribution in [0.3, 0.4) is 0 Å². The fraction of sp³-hybridized carbons (Fsp3) is 0.500. The summed E-state index contributed by atoms with van der Waals surface area (Å²) in [6.07, 6.45) is 8.61. The standard InChI is InChI=1S/C32H32Cl6O8/c1-15(17-7-3-4-8-17)13-43-29(39)23-25(37)19(33)11-21(35)27(23)45-31(41)32(42)46-28-22(36)12-20(34)26(38)24(28)30(40)44-14-16(2)18-9-5-6-10-18/h11-12,15-18H,3-10,13-14H2,1-2H3. The third kappa shape index (κ3) is 8.74. The van der Waals surface area contributed by atoms with Crippen molar-refractivity contribution in [3.8, 4) is 11.5 Å². The first kappa shape index (κ1) is 36.9. The van der Waals surface area contributed by atoms with E-state index in [1.807, 2.05) is 13.8 Å². The summed E-state index contributed by atoms with van der Waals surface area (Å²) in [6, 6.07) is 2.27. The molecule has 2 atom stereocenters. The molecule has 46 heavy (non-hydrogen) atoms. The van der Waals surface area contributed by atoms with Gasteiger partial charge in [0.1, 0.15) is 11.1 Å². The molecule has 2 aliphatic rings. The van der Waals surface area contributed by atoms with Crippen molar-refractivity contribution in [2.45, 2.75) is 65.2 Å². The van der Waals surface area contributed by atoms with Gasteiger partial charge in [0.05, 0.1) is 43.3 Å². The first-order valence-electron chi connectivity index (χ1n) is 14.9. The molecule has 4 rings (SSSR count). The molecule has 0 heterocycles. The number of halogens is 6. The Labute approximate surface area is 297 Å². The molecule has 2 aromatic carbocycles. The largest absolute Gasteiger partial charge is 0.462 e. The molecule has 2 aliphatic carbocycles. The minimum Gasteiger partial charge on any atom is -0.462 e. The van der Waals surface area contributed by atoms with Crippen LogP contribution in [-0.4, -0.2) is 37.1 Å². The highest BCUT2D eigenvalue weighted by atomic mass is 35.5. The Morgan fingerprint density at radius 2 is 0.935 bits per heavy atom. The van der Waals surface area contributed by atoms with Crippen LogP contribution >= 0.6 is 69.6 Å². The zero-order chi connectivity index (χ0) is 33.7. The van der Waals surface area contributed by atoms with E-state index in [9.17, 15) is 19.2 Å². The van der Waals surface area contributed by atoms with Crippen molar-refractivity contribution in [1.82, 2.24) is 0 Å². The molecule has 250 valence electrons. The summed E-state index contributed by atoms with van der Waals surface area (Å²) in [4.78, 5) is 52.3. The quantitative estimate of drug-likeness (QED) is 0.102. The van der Waals surface area contributed by atoms with Crippen LogP contribution in [0.25, 0.3) is 0 Å². The van der Waals surface area contributed by atoms with Crippen LogP contribution in [0.4, 0.5) is 0 Å². The molecule has 0 spiro atoms. The third-order valence-corrected chi connectivity index (χ3v) is 10.7. The molecule has 2 saturated carbocycles. The molecule has 0 bridgehead atoms. The van der Waals surface area contributed by atoms with Crippen LogP contribution in [0.1, 0.15) is 85.9 Å². The van der Waals surface area contributed by atoms with E-state index in [0.29, 0.717) is 11.8 Å². The Balaban J connectivity index is 1.52. The van der Waals surface area contributed by atoms with Gasteiger partial charge in [-0.25, -0.2) is 19.2 Å². The van der Waals surface area contributed by atoms with E-state index in [-0.39, 0.29) is 55.2 Å². The van der Waals surface area contributed by atoms with Gasteiger partial charge in [0.2, 0.25) is 0 Å². The highest BCUT2D eigenvalue weighted by Gasteiger charge is 2.33. The minimum absolute atomic E-state index is 0.0728. The number of esters is 4. The molecular weight excluding hydrogens is 725 g/mol. The predicted molar refractivity (Wildman–Crippen MR) is 177 cm³/mol.